The number of nitrogens with zero attached hydrogens (tertiary/aromatic N) is 1. The maximum absolute atomic E-state index is 6.16. The Morgan fingerprint density at radius 3 is 2.50 bits per heavy atom. The van der Waals surface area contributed by atoms with Crippen molar-refractivity contribution in [2.24, 2.45) is 0 Å². The molecular formula is C20H24ClN3OS. The smallest absolute Gasteiger partial charge is 0.171 e. The van der Waals surface area contributed by atoms with Crippen LogP contribution in [0.1, 0.15) is 24.1 Å². The zero-order chi connectivity index (χ0) is 18.5. The molecule has 1 aliphatic heterocycles. The molecule has 0 aromatic heterocycles. The average Bonchev–Trinajstić information content (AvgIpc) is 2.65. The van der Waals surface area contributed by atoms with Crippen molar-refractivity contribution < 1.29 is 4.74 Å². The van der Waals surface area contributed by atoms with Crippen molar-refractivity contribution in [3.8, 4) is 0 Å². The Labute approximate surface area is 165 Å². The second-order valence-electron chi connectivity index (χ2n) is 6.48. The largest absolute Gasteiger partial charge is 0.378 e. The Kier molecular flexibility index (Phi) is 6.35. The van der Waals surface area contributed by atoms with Gasteiger partial charge in [0, 0.05) is 29.5 Å². The molecule has 2 N–H and O–H groups in total. The first-order valence-electron chi connectivity index (χ1n) is 8.79. The number of ether oxygens (including phenoxy) is 1. The lowest BCUT2D eigenvalue weighted by Crippen LogP contribution is -2.36. The minimum atomic E-state index is 0.106. The second-order valence-corrected chi connectivity index (χ2v) is 7.29. The van der Waals surface area contributed by atoms with E-state index in [0.29, 0.717) is 5.11 Å². The minimum Gasteiger partial charge on any atom is -0.378 e. The fourth-order valence-electron chi connectivity index (χ4n) is 2.91. The zero-order valence-corrected chi connectivity index (χ0v) is 16.7. The van der Waals surface area contributed by atoms with Crippen LogP contribution in [-0.2, 0) is 4.74 Å². The Morgan fingerprint density at radius 1 is 1.15 bits per heavy atom. The maximum Gasteiger partial charge on any atom is 0.171 e. The lowest BCUT2D eigenvalue weighted by molar-refractivity contribution is 0.122. The highest BCUT2D eigenvalue weighted by atomic mass is 35.5. The Morgan fingerprint density at radius 2 is 1.85 bits per heavy atom. The van der Waals surface area contributed by atoms with E-state index in [1.807, 2.05) is 25.1 Å². The number of hydrogen-bond acceptors (Lipinski definition) is 3. The second kappa shape index (κ2) is 8.71. The van der Waals surface area contributed by atoms with Crippen molar-refractivity contribution in [3.05, 3.63) is 58.6 Å². The summed E-state index contributed by atoms with van der Waals surface area (Å²) >= 11 is 11.6. The quantitative estimate of drug-likeness (QED) is 0.751. The van der Waals surface area contributed by atoms with Gasteiger partial charge in [-0.25, -0.2) is 0 Å². The molecule has 0 aliphatic carbocycles. The monoisotopic (exact) mass is 389 g/mol. The van der Waals surface area contributed by atoms with Crippen LogP contribution in [0.3, 0.4) is 0 Å². The van der Waals surface area contributed by atoms with Crippen molar-refractivity contribution in [1.82, 2.24) is 5.32 Å². The lowest BCUT2D eigenvalue weighted by Gasteiger charge is -2.29. The summed E-state index contributed by atoms with van der Waals surface area (Å²) in [5.41, 5.74) is 4.35. The van der Waals surface area contributed by atoms with Gasteiger partial charge in [-0.15, -0.1) is 0 Å². The zero-order valence-electron chi connectivity index (χ0n) is 15.1. The summed E-state index contributed by atoms with van der Waals surface area (Å²) in [6, 6.07) is 14.5. The number of morpholine rings is 1. The van der Waals surface area contributed by atoms with Crippen LogP contribution in [0, 0.1) is 6.92 Å². The van der Waals surface area contributed by atoms with Gasteiger partial charge >= 0.3 is 0 Å². The third-order valence-electron chi connectivity index (χ3n) is 4.55. The number of rotatable bonds is 4. The number of hydrogen-bond donors (Lipinski definition) is 2. The summed E-state index contributed by atoms with van der Waals surface area (Å²) in [6.07, 6.45) is 0. The molecule has 0 unspecified atom stereocenters. The van der Waals surface area contributed by atoms with Crippen molar-refractivity contribution >= 4 is 40.3 Å². The molecule has 26 heavy (non-hydrogen) atoms. The third-order valence-corrected chi connectivity index (χ3v) is 5.17. The molecule has 0 amide bonds. The van der Waals surface area contributed by atoms with E-state index in [2.05, 4.69) is 46.7 Å². The van der Waals surface area contributed by atoms with Crippen LogP contribution in [0.5, 0.6) is 0 Å². The number of nitrogens with one attached hydrogen (secondary N) is 2. The normalized spacial score (nSPS) is 15.4. The van der Waals surface area contributed by atoms with Crippen molar-refractivity contribution in [2.75, 3.05) is 36.5 Å². The third kappa shape index (κ3) is 4.87. The summed E-state index contributed by atoms with van der Waals surface area (Å²) in [4.78, 5) is 2.35. The van der Waals surface area contributed by atoms with Crippen LogP contribution in [0.4, 0.5) is 11.4 Å². The Balaban J connectivity index is 1.57. The SMILES string of the molecule is Cc1ccc(NC(=S)N[C@@H](C)c2ccc(N3CCOCC3)cc2)cc1Cl. The fraction of sp³-hybridized carbons (Fsp3) is 0.350. The minimum absolute atomic E-state index is 0.106. The van der Waals surface area contributed by atoms with Gasteiger partial charge in [-0.2, -0.15) is 0 Å². The highest BCUT2D eigenvalue weighted by Gasteiger charge is 2.12. The molecule has 0 spiro atoms. The number of benzene rings is 2. The predicted molar refractivity (Wildman–Crippen MR) is 113 cm³/mol. The summed E-state index contributed by atoms with van der Waals surface area (Å²) in [6.45, 7) is 7.55. The van der Waals surface area contributed by atoms with Crippen molar-refractivity contribution in [2.45, 2.75) is 19.9 Å². The number of halogens is 1. The molecule has 0 saturated carbocycles. The highest BCUT2D eigenvalue weighted by Crippen LogP contribution is 2.22. The van der Waals surface area contributed by atoms with Gasteiger partial charge in [-0.1, -0.05) is 29.8 Å². The molecule has 6 heteroatoms. The molecule has 138 valence electrons. The van der Waals surface area contributed by atoms with E-state index in [1.54, 1.807) is 0 Å². The molecule has 1 fully saturated rings. The van der Waals surface area contributed by atoms with E-state index in [4.69, 9.17) is 28.6 Å². The van der Waals surface area contributed by atoms with Crippen molar-refractivity contribution in [3.63, 3.8) is 0 Å². The first kappa shape index (κ1) is 19.0. The molecule has 2 aromatic carbocycles. The van der Waals surface area contributed by atoms with E-state index in [1.165, 1.54) is 11.3 Å². The predicted octanol–water partition coefficient (Wildman–Crippen LogP) is 4.53. The summed E-state index contributed by atoms with van der Waals surface area (Å²) in [7, 11) is 0. The van der Waals surface area contributed by atoms with E-state index in [9.17, 15) is 0 Å². The van der Waals surface area contributed by atoms with Gasteiger partial charge in [0.1, 0.15) is 0 Å². The lowest BCUT2D eigenvalue weighted by atomic mass is 10.1. The average molecular weight is 390 g/mol. The van der Waals surface area contributed by atoms with Crippen LogP contribution in [0.2, 0.25) is 5.02 Å². The van der Waals surface area contributed by atoms with E-state index < -0.39 is 0 Å². The van der Waals surface area contributed by atoms with Gasteiger partial charge < -0.3 is 20.3 Å². The fourth-order valence-corrected chi connectivity index (χ4v) is 3.39. The molecule has 4 nitrogen and oxygen atoms in total. The van der Waals surface area contributed by atoms with Gasteiger partial charge in [0.05, 0.1) is 19.3 Å². The molecule has 0 radical (unpaired) electrons. The molecule has 1 atom stereocenters. The molecule has 0 bridgehead atoms. The van der Waals surface area contributed by atoms with E-state index in [-0.39, 0.29) is 6.04 Å². The molecule has 1 saturated heterocycles. The first-order valence-corrected chi connectivity index (χ1v) is 9.58. The van der Waals surface area contributed by atoms with E-state index >= 15 is 0 Å². The van der Waals surface area contributed by atoms with Gasteiger partial charge in [0.25, 0.3) is 0 Å². The number of anilines is 2. The summed E-state index contributed by atoms with van der Waals surface area (Å²) in [5, 5.41) is 7.81. The van der Waals surface area contributed by atoms with Crippen LogP contribution >= 0.6 is 23.8 Å². The Hall–Kier alpha value is -1.82. The highest BCUT2D eigenvalue weighted by molar-refractivity contribution is 7.80. The topological polar surface area (TPSA) is 36.5 Å². The molecule has 2 aromatic rings. The number of aryl methyl sites for hydroxylation is 1. The van der Waals surface area contributed by atoms with Gasteiger partial charge in [0.2, 0.25) is 0 Å². The van der Waals surface area contributed by atoms with Gasteiger partial charge in [-0.3, -0.25) is 0 Å². The van der Waals surface area contributed by atoms with Crippen LogP contribution in [0.25, 0.3) is 0 Å². The maximum atomic E-state index is 6.16. The Bertz CT molecular complexity index is 760. The van der Waals surface area contributed by atoms with Crippen LogP contribution < -0.4 is 15.5 Å². The molecule has 1 heterocycles. The van der Waals surface area contributed by atoms with E-state index in [0.717, 1.165) is 42.6 Å². The molecule has 1 aliphatic rings. The van der Waals surface area contributed by atoms with Gasteiger partial charge in [0.15, 0.2) is 5.11 Å². The molecule has 3 rings (SSSR count). The summed E-state index contributed by atoms with van der Waals surface area (Å²) in [5.74, 6) is 0. The standard InChI is InChI=1S/C20H24ClN3OS/c1-14-3-6-17(13-19(14)21)23-20(26)22-15(2)16-4-7-18(8-5-16)24-9-11-25-12-10-24/h3-8,13,15H,9-12H2,1-2H3,(H2,22,23,26)/t15-/m0/s1. The van der Waals surface area contributed by atoms with Gasteiger partial charge in [-0.05, 0) is 61.5 Å². The number of thiocarbonyl (C=S) groups is 1. The van der Waals surface area contributed by atoms with Crippen LogP contribution in [0.15, 0.2) is 42.5 Å². The summed E-state index contributed by atoms with van der Waals surface area (Å²) < 4.78 is 5.41. The first-order chi connectivity index (χ1) is 12.5. The van der Waals surface area contributed by atoms with Crippen molar-refractivity contribution in [1.29, 1.82) is 0 Å². The molecular weight excluding hydrogens is 366 g/mol. The van der Waals surface area contributed by atoms with Crippen LogP contribution in [-0.4, -0.2) is 31.4 Å².